The Kier molecular flexibility index (Phi) is 4.02. The molecule has 2 fully saturated rings. The van der Waals surface area contributed by atoms with Crippen LogP contribution in [-0.4, -0.2) is 35.1 Å². The number of carbonyl (C=O) groups is 1. The highest BCUT2D eigenvalue weighted by molar-refractivity contribution is 5.68. The van der Waals surface area contributed by atoms with Crippen molar-refractivity contribution < 1.29 is 44.1 Å². The van der Waals surface area contributed by atoms with Crippen LogP contribution in [0.25, 0.3) is 0 Å². The molecule has 0 spiro atoms. The molecule has 21 heavy (non-hydrogen) atoms. The molecule has 0 radical (unpaired) electrons. The van der Waals surface area contributed by atoms with Gasteiger partial charge < -0.3 is 10.2 Å². The van der Waals surface area contributed by atoms with E-state index in [1.54, 1.807) is 0 Å². The van der Waals surface area contributed by atoms with Crippen LogP contribution >= 0.6 is 0 Å². The molecule has 0 aromatic carbocycles. The number of carboxylic acid groups (broad SMARTS) is 1. The van der Waals surface area contributed by atoms with Gasteiger partial charge in [-0.3, -0.25) is 4.79 Å². The fraction of sp³-hybridized carbons (Fsp3) is 0.917. The van der Waals surface area contributed by atoms with E-state index in [2.05, 4.69) is 0 Å². The molecule has 2 N–H and O–H groups in total. The van der Waals surface area contributed by atoms with Crippen molar-refractivity contribution >= 4 is 5.97 Å². The van der Waals surface area contributed by atoms with E-state index in [0.717, 1.165) is 0 Å². The first-order valence-corrected chi connectivity index (χ1v) is 6.11. The molecular weight excluding hydrogens is 306 g/mol. The number of hydrogen-bond acceptors (Lipinski definition) is 2. The van der Waals surface area contributed by atoms with E-state index in [0.29, 0.717) is 0 Å². The molecule has 2 rings (SSSR count). The van der Waals surface area contributed by atoms with Gasteiger partial charge in [-0.15, -0.1) is 0 Å². The van der Waals surface area contributed by atoms with Crippen molar-refractivity contribution in [3.8, 4) is 0 Å². The standard InChI is InChI=1S/C6H7F3O2.C6H9F3O/c7-6(8,9)5(1-2-5)3-4(10)11;7-6(8,9)5(1-2-5)3-4-10/h1-3H2,(H,10,11);10H,1-4H2/i;4D2. The van der Waals surface area contributed by atoms with Crippen molar-refractivity contribution in [2.24, 2.45) is 10.8 Å². The third-order valence-corrected chi connectivity index (χ3v) is 3.82. The van der Waals surface area contributed by atoms with Gasteiger partial charge in [0.25, 0.3) is 0 Å². The molecule has 0 unspecified atom stereocenters. The van der Waals surface area contributed by atoms with Crippen molar-refractivity contribution in [2.75, 3.05) is 6.56 Å². The fourth-order valence-electron chi connectivity index (χ4n) is 1.86. The molecule has 0 saturated heterocycles. The second-order valence-electron chi connectivity index (χ2n) is 5.46. The topological polar surface area (TPSA) is 57.5 Å². The smallest absolute Gasteiger partial charge is 0.395 e. The number of halogens is 6. The van der Waals surface area contributed by atoms with Crippen molar-refractivity contribution in [1.29, 1.82) is 0 Å². The minimum absolute atomic E-state index is 0.0389. The first-order chi connectivity index (χ1) is 10.0. The van der Waals surface area contributed by atoms with Gasteiger partial charge in [-0.25, -0.2) is 0 Å². The first-order valence-electron chi connectivity index (χ1n) is 7.11. The van der Waals surface area contributed by atoms with E-state index in [1.165, 1.54) is 0 Å². The van der Waals surface area contributed by atoms with Gasteiger partial charge in [0.2, 0.25) is 0 Å². The molecule has 9 heteroatoms. The number of alkyl halides is 6. The van der Waals surface area contributed by atoms with E-state index in [9.17, 15) is 31.1 Å². The molecule has 3 nitrogen and oxygen atoms in total. The highest BCUT2D eigenvalue weighted by atomic mass is 19.4. The zero-order valence-electron chi connectivity index (χ0n) is 12.8. The van der Waals surface area contributed by atoms with Crippen LogP contribution in [0.2, 0.25) is 0 Å². The summed E-state index contributed by atoms with van der Waals surface area (Å²) in [5.74, 6) is -1.38. The Bertz CT molecular complexity index is 447. The third-order valence-electron chi connectivity index (χ3n) is 3.82. The highest BCUT2D eigenvalue weighted by Gasteiger charge is 2.64. The normalized spacial score (nSPS) is 24.1. The van der Waals surface area contributed by atoms with Gasteiger partial charge >= 0.3 is 18.3 Å². The van der Waals surface area contributed by atoms with Crippen molar-refractivity contribution in [1.82, 2.24) is 0 Å². The van der Waals surface area contributed by atoms with Gasteiger partial charge in [0.05, 0.1) is 20.0 Å². The summed E-state index contributed by atoms with van der Waals surface area (Å²) < 4.78 is 85.7. The van der Waals surface area contributed by atoms with Crippen LogP contribution in [0.4, 0.5) is 26.3 Å². The van der Waals surface area contributed by atoms with E-state index >= 15 is 0 Å². The molecule has 2 aliphatic rings. The van der Waals surface area contributed by atoms with E-state index in [-0.39, 0.29) is 25.7 Å². The van der Waals surface area contributed by atoms with Crippen LogP contribution in [0.3, 0.4) is 0 Å². The van der Waals surface area contributed by atoms with Gasteiger partial charge in [0, 0.05) is 6.56 Å². The van der Waals surface area contributed by atoms with Gasteiger partial charge in [0.15, 0.2) is 0 Å². The summed E-state index contributed by atoms with van der Waals surface area (Å²) in [4.78, 5) is 10.0. The molecule has 0 bridgehead atoms. The lowest BCUT2D eigenvalue weighted by Gasteiger charge is -2.16. The molecule has 2 aliphatic carbocycles. The number of aliphatic carboxylic acids is 1. The van der Waals surface area contributed by atoms with Crippen molar-refractivity contribution in [3.63, 3.8) is 0 Å². The van der Waals surface area contributed by atoms with Gasteiger partial charge in [0.1, 0.15) is 0 Å². The Balaban J connectivity index is 0.000000231. The molecular formula is C12H16F6O3. The van der Waals surface area contributed by atoms with Crippen LogP contribution in [0.1, 0.15) is 41.3 Å². The average molecular weight is 324 g/mol. The maximum Gasteiger partial charge on any atom is 0.395 e. The molecule has 124 valence electrons. The summed E-state index contributed by atoms with van der Waals surface area (Å²) in [5, 5.41) is 16.7. The molecule has 2 saturated carbocycles. The maximum absolute atomic E-state index is 12.1. The van der Waals surface area contributed by atoms with Crippen molar-refractivity contribution in [2.45, 2.75) is 50.9 Å². The predicted octanol–water partition coefficient (Wildman–Crippen LogP) is 3.51. The quantitative estimate of drug-likeness (QED) is 0.778. The largest absolute Gasteiger partial charge is 0.481 e. The number of hydrogen-bond donors (Lipinski definition) is 2. The van der Waals surface area contributed by atoms with Gasteiger partial charge in [-0.1, -0.05) is 0 Å². The molecule has 0 aromatic rings. The number of aliphatic hydroxyl groups is 1. The van der Waals surface area contributed by atoms with Crippen LogP contribution in [-0.2, 0) is 4.79 Å². The SMILES string of the molecule is O=C(O)CC1(C(F)(F)F)CC1.[2H]C([2H])(O)CC1(C(F)(F)F)CC1. The summed E-state index contributed by atoms with van der Waals surface area (Å²) in [6.45, 7) is -2.72. The minimum atomic E-state index is -4.39. The van der Waals surface area contributed by atoms with Crippen LogP contribution in [0.15, 0.2) is 0 Å². The number of rotatable bonds is 4. The third kappa shape index (κ3) is 4.24. The fourth-order valence-corrected chi connectivity index (χ4v) is 1.86. The Hall–Kier alpha value is -0.990. The first kappa shape index (κ1) is 14.9. The lowest BCUT2D eigenvalue weighted by Crippen LogP contribution is -2.27. The average Bonchev–Trinajstić information content (AvgIpc) is 3.09. The predicted molar refractivity (Wildman–Crippen MR) is 59.4 cm³/mol. The van der Waals surface area contributed by atoms with Crippen LogP contribution < -0.4 is 0 Å². The van der Waals surface area contributed by atoms with Crippen molar-refractivity contribution in [3.05, 3.63) is 0 Å². The van der Waals surface area contributed by atoms with Gasteiger partial charge in [-0.05, 0) is 32.1 Å². The summed E-state index contributed by atoms with van der Waals surface area (Å²) >= 11 is 0. The Labute approximate surface area is 119 Å². The molecule has 0 atom stereocenters. The minimum Gasteiger partial charge on any atom is -0.481 e. The summed E-state index contributed by atoms with van der Waals surface area (Å²) in [7, 11) is 0. The second kappa shape index (κ2) is 5.66. The van der Waals surface area contributed by atoms with E-state index < -0.39 is 48.6 Å². The monoisotopic (exact) mass is 324 g/mol. The zero-order chi connectivity index (χ0) is 18.3. The van der Waals surface area contributed by atoms with Gasteiger partial charge in [-0.2, -0.15) is 26.3 Å². The van der Waals surface area contributed by atoms with Crippen LogP contribution in [0, 0.1) is 10.8 Å². The van der Waals surface area contributed by atoms with E-state index in [1.807, 2.05) is 0 Å². The van der Waals surface area contributed by atoms with E-state index in [4.69, 9.17) is 13.0 Å². The highest BCUT2D eigenvalue weighted by Crippen LogP contribution is 2.60. The second-order valence-corrected chi connectivity index (χ2v) is 5.46. The lowest BCUT2D eigenvalue weighted by molar-refractivity contribution is -0.193. The Morgan fingerprint density at radius 2 is 1.38 bits per heavy atom. The zero-order valence-corrected chi connectivity index (χ0v) is 10.8. The number of carboxylic acids is 1. The Morgan fingerprint density at radius 1 is 1.00 bits per heavy atom. The Morgan fingerprint density at radius 3 is 1.48 bits per heavy atom. The summed E-state index contributed by atoms with van der Waals surface area (Å²) in [5.41, 5.74) is -3.84. The molecule has 0 amide bonds. The lowest BCUT2D eigenvalue weighted by atomic mass is 10.0. The summed E-state index contributed by atoms with van der Waals surface area (Å²) in [6, 6.07) is 0. The molecule has 0 aromatic heterocycles. The summed E-state index contributed by atoms with van der Waals surface area (Å²) in [6.07, 6.45) is -10.6. The molecule has 0 heterocycles. The molecule has 0 aliphatic heterocycles. The van der Waals surface area contributed by atoms with Crippen LogP contribution in [0.5, 0.6) is 0 Å². The maximum atomic E-state index is 12.1.